The number of carbonyl (C=O) groups is 1. The summed E-state index contributed by atoms with van der Waals surface area (Å²) in [5.41, 5.74) is 0.944. The molecule has 22 heavy (non-hydrogen) atoms. The zero-order valence-electron chi connectivity index (χ0n) is 14.3. The van der Waals surface area contributed by atoms with Crippen LogP contribution in [0.1, 0.15) is 53.9 Å². The molecule has 1 rings (SSSR count). The molecule has 0 saturated heterocycles. The second-order valence-electron chi connectivity index (χ2n) is 6.86. The standard InChI is InChI=1S/C18H28Cl2O2/c1-6-22-16(21)12-14(3)9-7-8-13(2)10-11-15-17(4,5)18(15,19)20/h7,9,12-13,15H,6,8,10-11H2,1-5H3/b9-7+,14-12+. The van der Waals surface area contributed by atoms with Gasteiger partial charge in [-0.05, 0) is 38.2 Å². The Hall–Kier alpha value is -0.470. The van der Waals surface area contributed by atoms with Gasteiger partial charge in [-0.3, -0.25) is 0 Å². The van der Waals surface area contributed by atoms with Gasteiger partial charge in [0.05, 0.1) is 6.61 Å². The first-order valence-corrected chi connectivity index (χ1v) is 8.77. The average Bonchev–Trinajstić information content (AvgIpc) is 2.77. The number of rotatable bonds is 8. The maximum atomic E-state index is 11.3. The Bertz CT molecular complexity index is 436. The molecular weight excluding hydrogens is 319 g/mol. The summed E-state index contributed by atoms with van der Waals surface area (Å²) in [6, 6.07) is 0. The molecule has 2 unspecified atom stereocenters. The van der Waals surface area contributed by atoms with E-state index in [9.17, 15) is 4.79 Å². The first-order valence-electron chi connectivity index (χ1n) is 8.02. The number of esters is 1. The Morgan fingerprint density at radius 3 is 2.45 bits per heavy atom. The average molecular weight is 347 g/mol. The molecule has 0 N–H and O–H groups in total. The van der Waals surface area contributed by atoms with E-state index in [0.29, 0.717) is 18.4 Å². The van der Waals surface area contributed by atoms with Crippen LogP contribution < -0.4 is 0 Å². The van der Waals surface area contributed by atoms with Gasteiger partial charge in [0, 0.05) is 17.4 Å². The third kappa shape index (κ3) is 5.03. The summed E-state index contributed by atoms with van der Waals surface area (Å²) in [5, 5.41) is 0. The van der Waals surface area contributed by atoms with Crippen LogP contribution in [0.3, 0.4) is 0 Å². The molecule has 4 heteroatoms. The number of ether oxygens (including phenoxy) is 1. The molecule has 0 bridgehead atoms. The number of halogens is 2. The molecule has 0 aromatic heterocycles. The van der Waals surface area contributed by atoms with Crippen LogP contribution in [0.4, 0.5) is 0 Å². The topological polar surface area (TPSA) is 26.3 Å². The second-order valence-corrected chi connectivity index (χ2v) is 8.24. The predicted octanol–water partition coefficient (Wildman–Crippen LogP) is 5.69. The largest absolute Gasteiger partial charge is 0.463 e. The van der Waals surface area contributed by atoms with Crippen molar-refractivity contribution in [2.24, 2.45) is 17.3 Å². The highest BCUT2D eigenvalue weighted by molar-refractivity contribution is 6.51. The van der Waals surface area contributed by atoms with Gasteiger partial charge in [0.25, 0.3) is 0 Å². The van der Waals surface area contributed by atoms with Gasteiger partial charge in [-0.2, -0.15) is 0 Å². The molecular formula is C18H28Cl2O2. The zero-order chi connectivity index (χ0) is 17.0. The van der Waals surface area contributed by atoms with E-state index in [2.05, 4.69) is 26.8 Å². The van der Waals surface area contributed by atoms with Crippen molar-refractivity contribution in [1.29, 1.82) is 0 Å². The summed E-state index contributed by atoms with van der Waals surface area (Å²) < 4.78 is 4.32. The Morgan fingerprint density at radius 2 is 1.95 bits per heavy atom. The van der Waals surface area contributed by atoms with Crippen LogP contribution >= 0.6 is 23.2 Å². The van der Waals surface area contributed by atoms with Crippen LogP contribution in [0.2, 0.25) is 0 Å². The van der Waals surface area contributed by atoms with E-state index in [1.165, 1.54) is 6.08 Å². The van der Waals surface area contributed by atoms with Crippen molar-refractivity contribution in [3.63, 3.8) is 0 Å². The van der Waals surface area contributed by atoms with Crippen LogP contribution in [0.5, 0.6) is 0 Å². The molecule has 126 valence electrons. The van der Waals surface area contributed by atoms with E-state index < -0.39 is 4.33 Å². The van der Waals surface area contributed by atoms with Crippen molar-refractivity contribution in [3.05, 3.63) is 23.8 Å². The van der Waals surface area contributed by atoms with Crippen molar-refractivity contribution in [1.82, 2.24) is 0 Å². The number of hydrogen-bond donors (Lipinski definition) is 0. The molecule has 0 amide bonds. The van der Waals surface area contributed by atoms with Crippen LogP contribution in [0.25, 0.3) is 0 Å². The van der Waals surface area contributed by atoms with E-state index in [-0.39, 0.29) is 11.4 Å². The van der Waals surface area contributed by atoms with Gasteiger partial charge < -0.3 is 4.74 Å². The lowest BCUT2D eigenvalue weighted by atomic mass is 9.97. The number of allylic oxidation sites excluding steroid dienone is 3. The van der Waals surface area contributed by atoms with Gasteiger partial charge >= 0.3 is 5.97 Å². The molecule has 0 spiro atoms. The summed E-state index contributed by atoms with van der Waals surface area (Å²) in [4.78, 5) is 11.3. The fraction of sp³-hybridized carbons (Fsp3) is 0.722. The van der Waals surface area contributed by atoms with E-state index in [4.69, 9.17) is 27.9 Å². The van der Waals surface area contributed by atoms with Gasteiger partial charge in [-0.15, -0.1) is 23.2 Å². The highest BCUT2D eigenvalue weighted by Crippen LogP contribution is 2.70. The lowest BCUT2D eigenvalue weighted by Crippen LogP contribution is -2.00. The second kappa shape index (κ2) is 7.88. The summed E-state index contributed by atoms with van der Waals surface area (Å²) in [5.74, 6) is 0.682. The van der Waals surface area contributed by atoms with E-state index in [1.54, 1.807) is 6.92 Å². The maximum absolute atomic E-state index is 11.3. The van der Waals surface area contributed by atoms with Crippen LogP contribution in [0.15, 0.2) is 23.8 Å². The van der Waals surface area contributed by atoms with Gasteiger partial charge in [-0.1, -0.05) is 39.3 Å². The third-order valence-corrected chi connectivity index (χ3v) is 6.08. The van der Waals surface area contributed by atoms with E-state index in [1.807, 2.05) is 13.0 Å². The molecule has 0 heterocycles. The maximum Gasteiger partial charge on any atom is 0.330 e. The number of carbonyl (C=O) groups excluding carboxylic acids is 1. The van der Waals surface area contributed by atoms with E-state index in [0.717, 1.165) is 24.8 Å². The van der Waals surface area contributed by atoms with Gasteiger partial charge in [0.1, 0.15) is 4.33 Å². The summed E-state index contributed by atoms with van der Waals surface area (Å²) in [7, 11) is 0. The van der Waals surface area contributed by atoms with Crippen LogP contribution in [-0.2, 0) is 9.53 Å². The molecule has 1 saturated carbocycles. The quantitative estimate of drug-likeness (QED) is 0.244. The Labute approximate surface area is 144 Å². The summed E-state index contributed by atoms with van der Waals surface area (Å²) in [6.07, 6.45) is 8.77. The Morgan fingerprint density at radius 1 is 1.36 bits per heavy atom. The van der Waals surface area contributed by atoms with Gasteiger partial charge in [0.15, 0.2) is 0 Å². The SMILES string of the molecule is CCOC(=O)/C=C(C)/C=C/CC(C)CCC1C(C)(C)C1(Cl)Cl. The highest BCUT2D eigenvalue weighted by atomic mass is 35.5. The molecule has 0 radical (unpaired) electrons. The monoisotopic (exact) mass is 346 g/mol. The Kier molecular flexibility index (Phi) is 7.01. The van der Waals surface area contributed by atoms with Crippen LogP contribution in [-0.4, -0.2) is 16.9 Å². The fourth-order valence-corrected chi connectivity index (χ4v) is 3.69. The van der Waals surface area contributed by atoms with Crippen molar-refractivity contribution in [3.8, 4) is 0 Å². The highest BCUT2D eigenvalue weighted by Gasteiger charge is 2.69. The van der Waals surface area contributed by atoms with Gasteiger partial charge in [0.2, 0.25) is 0 Å². The number of hydrogen-bond acceptors (Lipinski definition) is 2. The smallest absolute Gasteiger partial charge is 0.330 e. The fourth-order valence-electron chi connectivity index (χ4n) is 2.77. The minimum Gasteiger partial charge on any atom is -0.463 e. The Balaban J connectivity index is 2.30. The molecule has 0 aromatic rings. The predicted molar refractivity (Wildman–Crippen MR) is 94.3 cm³/mol. The molecule has 2 atom stereocenters. The molecule has 1 aliphatic carbocycles. The van der Waals surface area contributed by atoms with E-state index >= 15 is 0 Å². The minimum absolute atomic E-state index is 0.0324. The summed E-state index contributed by atoms with van der Waals surface area (Å²) >= 11 is 12.6. The third-order valence-electron chi connectivity index (χ3n) is 4.58. The number of alkyl halides is 2. The first kappa shape index (κ1) is 19.6. The molecule has 0 aliphatic heterocycles. The summed E-state index contributed by atoms with van der Waals surface area (Å²) in [6.45, 7) is 10.6. The van der Waals surface area contributed by atoms with Crippen molar-refractivity contribution in [2.45, 2.75) is 58.2 Å². The van der Waals surface area contributed by atoms with Crippen molar-refractivity contribution >= 4 is 29.2 Å². The zero-order valence-corrected chi connectivity index (χ0v) is 15.8. The molecule has 0 aromatic carbocycles. The molecule has 1 aliphatic rings. The first-order chi connectivity index (χ1) is 10.1. The van der Waals surface area contributed by atoms with Crippen molar-refractivity contribution in [2.75, 3.05) is 6.61 Å². The lowest BCUT2D eigenvalue weighted by molar-refractivity contribution is -0.137. The normalized spacial score (nSPS) is 24.3. The molecule has 1 fully saturated rings. The van der Waals surface area contributed by atoms with Gasteiger partial charge in [-0.25, -0.2) is 4.79 Å². The van der Waals surface area contributed by atoms with Crippen molar-refractivity contribution < 1.29 is 9.53 Å². The lowest BCUT2D eigenvalue weighted by Gasteiger charge is -2.08. The van der Waals surface area contributed by atoms with Crippen LogP contribution in [0, 0.1) is 17.3 Å². The molecule has 2 nitrogen and oxygen atoms in total. The minimum atomic E-state index is -0.554.